The van der Waals surface area contributed by atoms with Crippen LogP contribution in [-0.4, -0.2) is 35.4 Å². The fourth-order valence-electron chi connectivity index (χ4n) is 2.97. The predicted octanol–water partition coefficient (Wildman–Crippen LogP) is 2.84. The lowest BCUT2D eigenvalue weighted by molar-refractivity contribution is -0.134. The van der Waals surface area contributed by atoms with E-state index in [0.717, 1.165) is 30.6 Å². The van der Waals surface area contributed by atoms with Crippen molar-refractivity contribution in [2.75, 3.05) is 19.6 Å². The summed E-state index contributed by atoms with van der Waals surface area (Å²) in [5.41, 5.74) is 2.15. The number of nitrogens with zero attached hydrogens (tertiary/aromatic N) is 2. The Morgan fingerprint density at radius 1 is 1.26 bits per heavy atom. The monoisotopic (exact) mass is 329 g/mol. The van der Waals surface area contributed by atoms with Gasteiger partial charge in [0.25, 0.3) is 0 Å². The molecule has 1 fully saturated rings. The molecule has 1 N–H and O–H groups in total. The number of rotatable bonds is 4. The smallest absolute Gasteiger partial charge is 0.223 e. The van der Waals surface area contributed by atoms with Gasteiger partial charge in [-0.3, -0.25) is 9.78 Å². The summed E-state index contributed by atoms with van der Waals surface area (Å²) in [4.78, 5) is 18.7. The van der Waals surface area contributed by atoms with E-state index < -0.39 is 0 Å². The molecule has 120 valence electrons. The van der Waals surface area contributed by atoms with Crippen molar-refractivity contribution in [3.8, 4) is 0 Å². The molecule has 1 aliphatic heterocycles. The van der Waals surface area contributed by atoms with E-state index in [1.807, 2.05) is 41.3 Å². The van der Waals surface area contributed by atoms with Gasteiger partial charge in [0.1, 0.15) is 0 Å². The van der Waals surface area contributed by atoms with E-state index in [1.54, 1.807) is 12.4 Å². The maximum Gasteiger partial charge on any atom is 0.223 e. The van der Waals surface area contributed by atoms with Gasteiger partial charge < -0.3 is 10.2 Å². The molecule has 1 atom stereocenters. The molecule has 0 radical (unpaired) electrons. The number of aryl methyl sites for hydroxylation is 1. The fraction of sp³-hybridized carbons (Fsp3) is 0.333. The van der Waals surface area contributed by atoms with Crippen molar-refractivity contribution in [3.63, 3.8) is 0 Å². The highest BCUT2D eigenvalue weighted by Crippen LogP contribution is 2.29. The van der Waals surface area contributed by atoms with E-state index >= 15 is 0 Å². The summed E-state index contributed by atoms with van der Waals surface area (Å²) >= 11 is 6.33. The third-order valence-corrected chi connectivity index (χ3v) is 4.55. The molecule has 0 bridgehead atoms. The van der Waals surface area contributed by atoms with E-state index in [4.69, 9.17) is 11.6 Å². The minimum absolute atomic E-state index is 0.00221. The van der Waals surface area contributed by atoms with E-state index in [9.17, 15) is 4.79 Å². The van der Waals surface area contributed by atoms with E-state index in [-0.39, 0.29) is 11.9 Å². The van der Waals surface area contributed by atoms with Crippen molar-refractivity contribution in [2.45, 2.75) is 18.9 Å². The van der Waals surface area contributed by atoms with Crippen molar-refractivity contribution in [3.05, 3.63) is 64.9 Å². The minimum Gasteiger partial charge on any atom is -0.333 e. The normalized spacial score (nSPS) is 18.0. The Hall–Kier alpha value is -1.91. The first kappa shape index (κ1) is 16.0. The number of benzene rings is 1. The summed E-state index contributed by atoms with van der Waals surface area (Å²) in [6.45, 7) is 2.28. The summed E-state index contributed by atoms with van der Waals surface area (Å²) < 4.78 is 0. The highest BCUT2D eigenvalue weighted by Gasteiger charge is 2.28. The first-order chi connectivity index (χ1) is 11.3. The number of piperazine rings is 1. The van der Waals surface area contributed by atoms with Gasteiger partial charge in [-0.15, -0.1) is 0 Å². The number of aromatic nitrogens is 1. The summed E-state index contributed by atoms with van der Waals surface area (Å²) in [5, 5.41) is 4.07. The number of carbonyl (C=O) groups is 1. The number of hydrogen-bond donors (Lipinski definition) is 1. The van der Waals surface area contributed by atoms with Gasteiger partial charge in [-0.25, -0.2) is 0 Å². The molecule has 2 heterocycles. The summed E-state index contributed by atoms with van der Waals surface area (Å²) in [6, 6.07) is 11.7. The molecule has 1 aliphatic rings. The number of pyridine rings is 1. The van der Waals surface area contributed by atoms with Crippen molar-refractivity contribution < 1.29 is 4.79 Å². The van der Waals surface area contributed by atoms with Crippen molar-refractivity contribution in [2.24, 2.45) is 0 Å². The lowest BCUT2D eigenvalue weighted by atomic mass is 10.0. The Labute approximate surface area is 141 Å². The van der Waals surface area contributed by atoms with Crippen LogP contribution in [0.2, 0.25) is 5.02 Å². The Balaban J connectivity index is 1.71. The average Bonchev–Trinajstić information content (AvgIpc) is 2.61. The molecule has 0 aliphatic carbocycles. The van der Waals surface area contributed by atoms with Gasteiger partial charge in [0.15, 0.2) is 0 Å². The van der Waals surface area contributed by atoms with Gasteiger partial charge in [0.2, 0.25) is 5.91 Å². The van der Waals surface area contributed by atoms with Crippen LogP contribution in [0.1, 0.15) is 23.6 Å². The maximum atomic E-state index is 12.7. The SMILES string of the molecule is O=C(CCc1ccncc1)N1CCNCC1c1ccccc1Cl. The van der Waals surface area contributed by atoms with Crippen LogP contribution < -0.4 is 5.32 Å². The molecule has 1 unspecified atom stereocenters. The van der Waals surface area contributed by atoms with Crippen LogP contribution in [0, 0.1) is 0 Å². The van der Waals surface area contributed by atoms with Crippen molar-refractivity contribution in [1.29, 1.82) is 0 Å². The van der Waals surface area contributed by atoms with E-state index in [2.05, 4.69) is 10.3 Å². The molecule has 1 saturated heterocycles. The highest BCUT2D eigenvalue weighted by molar-refractivity contribution is 6.31. The van der Waals surface area contributed by atoms with E-state index in [0.29, 0.717) is 18.0 Å². The molecule has 2 aromatic rings. The third-order valence-electron chi connectivity index (χ3n) is 4.20. The molecule has 4 nitrogen and oxygen atoms in total. The molecule has 1 aromatic heterocycles. The second-order valence-electron chi connectivity index (χ2n) is 5.68. The lowest BCUT2D eigenvalue weighted by Crippen LogP contribution is -2.48. The van der Waals surface area contributed by atoms with Gasteiger partial charge >= 0.3 is 0 Å². The number of halogens is 1. The van der Waals surface area contributed by atoms with E-state index in [1.165, 1.54) is 0 Å². The van der Waals surface area contributed by atoms with Crippen LogP contribution in [0.5, 0.6) is 0 Å². The van der Waals surface area contributed by atoms with Crippen LogP contribution in [0.15, 0.2) is 48.8 Å². The number of amides is 1. The Kier molecular flexibility index (Phi) is 5.26. The molecule has 0 saturated carbocycles. The van der Waals surface area contributed by atoms with Gasteiger partial charge in [0.05, 0.1) is 6.04 Å². The molecule has 3 rings (SSSR count). The quantitative estimate of drug-likeness (QED) is 0.938. The standard InChI is InChI=1S/C18H20ClN3O/c19-16-4-2-1-3-15(16)17-13-21-11-12-22(17)18(23)6-5-14-7-9-20-10-8-14/h1-4,7-10,17,21H,5-6,11-13H2. The Morgan fingerprint density at radius 3 is 2.83 bits per heavy atom. The molecular weight excluding hydrogens is 310 g/mol. The second-order valence-corrected chi connectivity index (χ2v) is 6.09. The predicted molar refractivity (Wildman–Crippen MR) is 91.3 cm³/mol. The average molecular weight is 330 g/mol. The molecule has 5 heteroatoms. The van der Waals surface area contributed by atoms with Gasteiger partial charge in [0, 0.05) is 43.5 Å². The number of nitrogens with one attached hydrogen (secondary N) is 1. The summed E-state index contributed by atoms with van der Waals surface area (Å²) in [7, 11) is 0. The maximum absolute atomic E-state index is 12.7. The minimum atomic E-state index is 0.00221. The molecule has 1 aromatic carbocycles. The highest BCUT2D eigenvalue weighted by atomic mass is 35.5. The molecule has 23 heavy (non-hydrogen) atoms. The first-order valence-electron chi connectivity index (χ1n) is 7.89. The van der Waals surface area contributed by atoms with Gasteiger partial charge in [-0.1, -0.05) is 29.8 Å². The lowest BCUT2D eigenvalue weighted by Gasteiger charge is -2.37. The number of hydrogen-bond acceptors (Lipinski definition) is 3. The zero-order valence-electron chi connectivity index (χ0n) is 12.9. The van der Waals surface area contributed by atoms with Gasteiger partial charge in [-0.2, -0.15) is 0 Å². The van der Waals surface area contributed by atoms with Crippen LogP contribution in [0.25, 0.3) is 0 Å². The van der Waals surface area contributed by atoms with Crippen LogP contribution in [0.4, 0.5) is 0 Å². The van der Waals surface area contributed by atoms with Gasteiger partial charge in [-0.05, 0) is 35.7 Å². The van der Waals surface area contributed by atoms with Crippen LogP contribution >= 0.6 is 11.6 Å². The fourth-order valence-corrected chi connectivity index (χ4v) is 3.23. The number of carbonyl (C=O) groups excluding carboxylic acids is 1. The molecule has 1 amide bonds. The zero-order chi connectivity index (χ0) is 16.1. The van der Waals surface area contributed by atoms with Crippen molar-refractivity contribution in [1.82, 2.24) is 15.2 Å². The van der Waals surface area contributed by atoms with Crippen molar-refractivity contribution >= 4 is 17.5 Å². The largest absolute Gasteiger partial charge is 0.333 e. The zero-order valence-corrected chi connectivity index (χ0v) is 13.7. The Morgan fingerprint density at radius 2 is 2.04 bits per heavy atom. The summed E-state index contributed by atoms with van der Waals surface area (Å²) in [6.07, 6.45) is 4.76. The summed E-state index contributed by atoms with van der Waals surface area (Å²) in [5.74, 6) is 0.174. The topological polar surface area (TPSA) is 45.2 Å². The van der Waals surface area contributed by atoms with Crippen LogP contribution in [0.3, 0.4) is 0 Å². The molecule has 0 spiro atoms. The second kappa shape index (κ2) is 7.57. The first-order valence-corrected chi connectivity index (χ1v) is 8.27. The Bertz CT molecular complexity index is 662. The van der Waals surface area contributed by atoms with Crippen LogP contribution in [-0.2, 0) is 11.2 Å². The molecular formula is C18H20ClN3O. The third kappa shape index (κ3) is 3.89.